The van der Waals surface area contributed by atoms with Crippen LogP contribution in [0.1, 0.15) is 54.7 Å². The van der Waals surface area contributed by atoms with Gasteiger partial charge in [0.15, 0.2) is 5.56 Å². The zero-order valence-corrected chi connectivity index (χ0v) is 18.5. The molecule has 32 heavy (non-hydrogen) atoms. The Morgan fingerprint density at radius 2 is 2.03 bits per heavy atom. The lowest BCUT2D eigenvalue weighted by Crippen LogP contribution is -2.36. The molecule has 10 heteroatoms. The van der Waals surface area contributed by atoms with Gasteiger partial charge in [0.05, 0.1) is 12.2 Å². The minimum absolute atomic E-state index is 0.0221. The first-order valence-corrected chi connectivity index (χ1v) is 10.9. The Balaban J connectivity index is 1.81. The first-order chi connectivity index (χ1) is 15.2. The minimum atomic E-state index is -1.01. The van der Waals surface area contributed by atoms with E-state index >= 15 is 0 Å². The third-order valence-electron chi connectivity index (χ3n) is 5.74. The monoisotopic (exact) mass is 445 g/mol. The van der Waals surface area contributed by atoms with Crippen LogP contribution in [0.3, 0.4) is 0 Å². The molecule has 2 amide bonds. The van der Waals surface area contributed by atoms with Crippen LogP contribution < -0.4 is 10.9 Å². The summed E-state index contributed by atoms with van der Waals surface area (Å²) in [7, 11) is 0. The van der Waals surface area contributed by atoms with Crippen molar-refractivity contribution < 1.29 is 19.1 Å². The molecular weight excluding hydrogens is 417 g/mol. The molecule has 0 aromatic carbocycles. The quantitative estimate of drug-likeness (QED) is 0.657. The zero-order valence-electron chi connectivity index (χ0n) is 18.5. The second-order valence-corrected chi connectivity index (χ2v) is 8.99. The molecule has 1 atom stereocenters. The number of rotatable bonds is 6. The molecule has 1 aliphatic heterocycles. The Morgan fingerprint density at radius 1 is 1.31 bits per heavy atom. The average Bonchev–Trinajstić information content (AvgIpc) is 3.31. The van der Waals surface area contributed by atoms with Crippen molar-refractivity contribution in [2.24, 2.45) is 5.92 Å². The number of amides is 2. The van der Waals surface area contributed by atoms with Gasteiger partial charge in [0.25, 0.3) is 11.5 Å². The van der Waals surface area contributed by atoms with Crippen LogP contribution in [-0.4, -0.2) is 61.3 Å². The van der Waals surface area contributed by atoms with E-state index in [1.165, 1.54) is 26.1 Å². The molecule has 1 saturated heterocycles. The summed E-state index contributed by atoms with van der Waals surface area (Å²) in [5.74, 6) is -1.41. The molecule has 2 fully saturated rings. The topological polar surface area (TPSA) is 109 Å². The van der Waals surface area contributed by atoms with E-state index < -0.39 is 23.5 Å². The zero-order chi connectivity index (χ0) is 23.2. The summed E-state index contributed by atoms with van der Waals surface area (Å²) in [4.78, 5) is 39.9. The largest absolute Gasteiger partial charge is 0.492 e. The Kier molecular flexibility index (Phi) is 5.79. The fraction of sp³-hybridized carbons (Fsp3) is 0.545. The van der Waals surface area contributed by atoms with Gasteiger partial charge >= 0.3 is 0 Å². The molecule has 1 aliphatic carbocycles. The number of alkyl halides is 1. The second-order valence-electron chi connectivity index (χ2n) is 8.99. The summed E-state index contributed by atoms with van der Waals surface area (Å²) in [6.45, 7) is 6.28. The molecule has 0 spiro atoms. The maximum atomic E-state index is 13.4. The number of aromatic nitrogens is 3. The highest BCUT2D eigenvalue weighted by Crippen LogP contribution is 2.25. The lowest BCUT2D eigenvalue weighted by Gasteiger charge is -2.15. The molecule has 2 N–H and O–H groups in total. The number of aromatic hydroxyl groups is 1. The highest BCUT2D eigenvalue weighted by Gasteiger charge is 2.30. The van der Waals surface area contributed by atoms with Gasteiger partial charge < -0.3 is 15.3 Å². The molecule has 4 rings (SSSR count). The smallest absolute Gasteiger partial charge is 0.270 e. The van der Waals surface area contributed by atoms with Crippen LogP contribution >= 0.6 is 0 Å². The normalized spacial score (nSPS) is 18.9. The number of hydrogen-bond donors (Lipinski definition) is 2. The van der Waals surface area contributed by atoms with Gasteiger partial charge in [-0.2, -0.15) is 9.61 Å². The highest BCUT2D eigenvalue weighted by atomic mass is 19.1. The maximum Gasteiger partial charge on any atom is 0.270 e. The van der Waals surface area contributed by atoms with Crippen LogP contribution in [0.5, 0.6) is 5.88 Å². The van der Waals surface area contributed by atoms with E-state index in [0.29, 0.717) is 36.4 Å². The summed E-state index contributed by atoms with van der Waals surface area (Å²) in [5, 5.41) is 17.9. The number of aryl methyl sites for hydroxylation is 1. The lowest BCUT2D eigenvalue weighted by atomic mass is 10.1. The van der Waals surface area contributed by atoms with E-state index in [1.54, 1.807) is 6.92 Å². The van der Waals surface area contributed by atoms with Gasteiger partial charge in [-0.3, -0.25) is 19.0 Å². The summed E-state index contributed by atoms with van der Waals surface area (Å²) < 4.78 is 16.0. The van der Waals surface area contributed by atoms with Crippen LogP contribution in [0.4, 0.5) is 4.39 Å². The number of halogens is 1. The third-order valence-corrected chi connectivity index (χ3v) is 5.74. The van der Waals surface area contributed by atoms with Crippen molar-refractivity contribution in [1.82, 2.24) is 24.4 Å². The Hall–Kier alpha value is -3.17. The van der Waals surface area contributed by atoms with Crippen molar-refractivity contribution in [3.63, 3.8) is 0 Å². The number of nitrogens with zero attached hydrogens (tertiary/aromatic N) is 4. The fourth-order valence-corrected chi connectivity index (χ4v) is 3.96. The van der Waals surface area contributed by atoms with E-state index in [2.05, 4.69) is 10.4 Å². The maximum absolute atomic E-state index is 13.4. The highest BCUT2D eigenvalue weighted by molar-refractivity contribution is 5.97. The summed E-state index contributed by atoms with van der Waals surface area (Å²) in [6, 6.07) is 0.0221. The van der Waals surface area contributed by atoms with E-state index in [4.69, 9.17) is 0 Å². The van der Waals surface area contributed by atoms with E-state index in [9.17, 15) is 23.9 Å². The molecular formula is C22H28FN5O4. The van der Waals surface area contributed by atoms with Gasteiger partial charge in [-0.05, 0) is 38.2 Å². The molecule has 0 radical (unpaired) electrons. The third kappa shape index (κ3) is 4.13. The van der Waals surface area contributed by atoms with E-state index in [0.717, 1.165) is 12.8 Å². The van der Waals surface area contributed by atoms with Crippen LogP contribution in [0, 0.1) is 12.8 Å². The van der Waals surface area contributed by atoms with Crippen LogP contribution in [0.25, 0.3) is 11.7 Å². The standard InChI is InChI=1S/C22H28FN5O4/c1-12(2)10-27-20-16(6-7-17(29)26-9-8-14(23)11-26)13(3)25-28(20)22(32)18(21(27)31)19(30)24-15-4-5-15/h6-7,12,14-15,32H,4-5,8-11H2,1-3H3,(H,24,30). The van der Waals surface area contributed by atoms with E-state index in [1.807, 2.05) is 13.8 Å². The first kappa shape index (κ1) is 22.0. The van der Waals surface area contributed by atoms with Crippen LogP contribution in [-0.2, 0) is 11.3 Å². The van der Waals surface area contributed by atoms with Crippen molar-refractivity contribution in [3.05, 3.63) is 33.3 Å². The van der Waals surface area contributed by atoms with Gasteiger partial charge in [-0.25, -0.2) is 4.39 Å². The summed E-state index contributed by atoms with van der Waals surface area (Å²) in [6.07, 6.45) is 3.86. The molecule has 9 nitrogen and oxygen atoms in total. The SMILES string of the molecule is Cc1nn2c(O)c(C(=O)NC3CC3)c(=O)n(CC(C)C)c2c1C=CC(=O)N1CCC(F)C1. The minimum Gasteiger partial charge on any atom is -0.492 e. The van der Waals surface area contributed by atoms with Crippen LogP contribution in [0.2, 0.25) is 0 Å². The number of carbonyl (C=O) groups is 2. The van der Waals surface area contributed by atoms with Crippen LogP contribution in [0.15, 0.2) is 10.9 Å². The van der Waals surface area contributed by atoms with Crippen molar-refractivity contribution in [3.8, 4) is 5.88 Å². The molecule has 1 unspecified atom stereocenters. The predicted octanol–water partition coefficient (Wildman–Crippen LogP) is 1.64. The number of hydrogen-bond acceptors (Lipinski definition) is 5. The van der Waals surface area contributed by atoms with Crippen molar-refractivity contribution in [2.75, 3.05) is 13.1 Å². The molecule has 3 heterocycles. The average molecular weight is 445 g/mol. The molecule has 0 bridgehead atoms. The molecule has 1 saturated carbocycles. The lowest BCUT2D eigenvalue weighted by molar-refractivity contribution is -0.125. The number of carbonyl (C=O) groups excluding carboxylic acids is 2. The molecule has 2 aromatic rings. The first-order valence-electron chi connectivity index (χ1n) is 10.9. The van der Waals surface area contributed by atoms with Gasteiger partial charge in [-0.1, -0.05) is 13.8 Å². The number of likely N-dealkylation sites (tertiary alicyclic amines) is 1. The predicted molar refractivity (Wildman–Crippen MR) is 116 cm³/mol. The number of fused-ring (bicyclic) bond motifs is 1. The molecule has 2 aliphatic rings. The Morgan fingerprint density at radius 3 is 2.62 bits per heavy atom. The molecule has 172 valence electrons. The van der Waals surface area contributed by atoms with Crippen molar-refractivity contribution >= 4 is 23.5 Å². The summed E-state index contributed by atoms with van der Waals surface area (Å²) >= 11 is 0. The van der Waals surface area contributed by atoms with Gasteiger partial charge in [0.2, 0.25) is 11.8 Å². The summed E-state index contributed by atoms with van der Waals surface area (Å²) in [5.41, 5.74) is 0.311. The number of nitrogens with one attached hydrogen (secondary N) is 1. The molecule has 2 aromatic heterocycles. The van der Waals surface area contributed by atoms with Gasteiger partial charge in [0.1, 0.15) is 11.8 Å². The fourth-order valence-electron chi connectivity index (χ4n) is 3.96. The second kappa shape index (κ2) is 8.40. The van der Waals surface area contributed by atoms with E-state index in [-0.39, 0.29) is 30.0 Å². The van der Waals surface area contributed by atoms with Gasteiger partial charge in [0, 0.05) is 30.8 Å². The van der Waals surface area contributed by atoms with Crippen molar-refractivity contribution in [1.29, 1.82) is 0 Å². The van der Waals surface area contributed by atoms with Crippen molar-refractivity contribution in [2.45, 2.75) is 58.8 Å². The Bertz CT molecular complexity index is 1160. The van der Waals surface area contributed by atoms with Gasteiger partial charge in [-0.15, -0.1) is 0 Å². The Labute approximate surface area is 184 Å².